The number of carbonyl (C=O) groups excluding carboxylic acids is 1. The van der Waals surface area contributed by atoms with E-state index in [0.717, 1.165) is 29.9 Å². The lowest BCUT2D eigenvalue weighted by molar-refractivity contribution is 0.0984. The maximum atomic E-state index is 13.3. The fraction of sp³-hybridized carbons (Fsp3) is 0.318. The fourth-order valence-corrected chi connectivity index (χ4v) is 4.13. The molecule has 0 atom stereocenters. The van der Waals surface area contributed by atoms with E-state index in [1.165, 1.54) is 5.56 Å². The SMILES string of the molecule is CCN(CC)CCN(C(=O)c1ccc(C#N)cc1)c1nc2ccc(C)cc2s1.Cl. The second kappa shape index (κ2) is 10.4. The molecule has 3 aromatic rings. The number of aromatic nitrogens is 1. The molecule has 152 valence electrons. The van der Waals surface area contributed by atoms with Gasteiger partial charge in [-0.25, -0.2) is 4.98 Å². The smallest absolute Gasteiger partial charge is 0.260 e. The first-order chi connectivity index (χ1) is 13.5. The minimum Gasteiger partial charge on any atom is -0.302 e. The van der Waals surface area contributed by atoms with Crippen molar-refractivity contribution in [2.75, 3.05) is 31.1 Å². The van der Waals surface area contributed by atoms with Crippen LogP contribution >= 0.6 is 23.7 Å². The minimum absolute atomic E-state index is 0. The average molecular weight is 429 g/mol. The Bertz CT molecular complexity index is 1010. The summed E-state index contributed by atoms with van der Waals surface area (Å²) in [7, 11) is 0. The Morgan fingerprint density at radius 2 is 1.79 bits per heavy atom. The van der Waals surface area contributed by atoms with Gasteiger partial charge in [-0.15, -0.1) is 12.4 Å². The van der Waals surface area contributed by atoms with Crippen LogP contribution in [-0.2, 0) is 0 Å². The number of anilines is 1. The molecule has 1 aromatic heterocycles. The van der Waals surface area contributed by atoms with Gasteiger partial charge in [0, 0.05) is 18.7 Å². The van der Waals surface area contributed by atoms with E-state index in [0.29, 0.717) is 22.8 Å². The zero-order valence-corrected chi connectivity index (χ0v) is 18.5. The van der Waals surface area contributed by atoms with Crippen molar-refractivity contribution in [3.63, 3.8) is 0 Å². The molecule has 1 amide bonds. The number of hydrogen-bond donors (Lipinski definition) is 0. The normalized spacial score (nSPS) is 10.6. The summed E-state index contributed by atoms with van der Waals surface area (Å²) in [4.78, 5) is 22.0. The highest BCUT2D eigenvalue weighted by molar-refractivity contribution is 7.22. The van der Waals surface area contributed by atoms with Gasteiger partial charge in [0.2, 0.25) is 0 Å². The third-order valence-corrected chi connectivity index (χ3v) is 5.85. The molecular weight excluding hydrogens is 404 g/mol. The van der Waals surface area contributed by atoms with Gasteiger partial charge in [0.1, 0.15) is 0 Å². The number of aryl methyl sites for hydroxylation is 1. The Labute approximate surface area is 182 Å². The van der Waals surface area contributed by atoms with E-state index in [2.05, 4.69) is 37.8 Å². The van der Waals surface area contributed by atoms with Gasteiger partial charge >= 0.3 is 0 Å². The molecule has 0 bridgehead atoms. The molecular formula is C22H25ClN4OS. The summed E-state index contributed by atoms with van der Waals surface area (Å²) in [6, 6.07) is 15.0. The number of halogens is 1. The summed E-state index contributed by atoms with van der Waals surface area (Å²) in [6.07, 6.45) is 0. The number of amides is 1. The van der Waals surface area contributed by atoms with Crippen LogP contribution in [0.3, 0.4) is 0 Å². The Hall–Kier alpha value is -2.46. The Kier molecular flexibility index (Phi) is 8.15. The standard InChI is InChI=1S/C22H24N4OS.ClH/c1-4-25(5-2)12-13-26(21(27)18-9-7-17(15-23)8-10-18)22-24-19-11-6-16(3)14-20(19)28-22;/h6-11,14H,4-5,12-13H2,1-3H3;1H. The molecule has 1 heterocycles. The van der Waals surface area contributed by atoms with E-state index in [1.807, 2.05) is 12.1 Å². The quantitative estimate of drug-likeness (QED) is 0.537. The van der Waals surface area contributed by atoms with Crippen LogP contribution in [0, 0.1) is 18.3 Å². The van der Waals surface area contributed by atoms with Crippen LogP contribution in [0.5, 0.6) is 0 Å². The fourth-order valence-electron chi connectivity index (χ4n) is 3.04. The summed E-state index contributed by atoms with van der Waals surface area (Å²) in [6.45, 7) is 9.53. The molecule has 0 N–H and O–H groups in total. The topological polar surface area (TPSA) is 60.2 Å². The Balaban J connectivity index is 0.00000300. The Morgan fingerprint density at radius 3 is 2.41 bits per heavy atom. The lowest BCUT2D eigenvalue weighted by Gasteiger charge is -2.24. The number of benzene rings is 2. The zero-order valence-electron chi connectivity index (χ0n) is 16.9. The third-order valence-electron chi connectivity index (χ3n) is 4.80. The van der Waals surface area contributed by atoms with Crippen LogP contribution in [-0.4, -0.2) is 42.0 Å². The molecule has 0 fully saturated rings. The van der Waals surface area contributed by atoms with Crippen molar-refractivity contribution in [1.82, 2.24) is 9.88 Å². The monoisotopic (exact) mass is 428 g/mol. The summed E-state index contributed by atoms with van der Waals surface area (Å²) >= 11 is 1.54. The first-order valence-corrected chi connectivity index (χ1v) is 10.3. The van der Waals surface area contributed by atoms with Crippen LogP contribution < -0.4 is 4.90 Å². The number of thiazole rings is 1. The van der Waals surface area contributed by atoms with Gasteiger partial charge in [-0.3, -0.25) is 9.69 Å². The molecule has 0 aliphatic heterocycles. The number of likely N-dealkylation sites (N-methyl/N-ethyl adjacent to an activating group) is 1. The first kappa shape index (κ1) is 22.8. The maximum absolute atomic E-state index is 13.3. The largest absolute Gasteiger partial charge is 0.302 e. The van der Waals surface area contributed by atoms with Crippen molar-refractivity contribution in [1.29, 1.82) is 5.26 Å². The van der Waals surface area contributed by atoms with Crippen molar-refractivity contribution in [3.8, 4) is 6.07 Å². The van der Waals surface area contributed by atoms with E-state index in [4.69, 9.17) is 10.2 Å². The maximum Gasteiger partial charge on any atom is 0.260 e. The highest BCUT2D eigenvalue weighted by atomic mass is 35.5. The van der Waals surface area contributed by atoms with Gasteiger partial charge in [-0.1, -0.05) is 31.3 Å². The minimum atomic E-state index is -0.0903. The van der Waals surface area contributed by atoms with Gasteiger partial charge in [0.05, 0.1) is 21.8 Å². The summed E-state index contributed by atoms with van der Waals surface area (Å²) in [5, 5.41) is 9.71. The predicted octanol–water partition coefficient (Wildman–Crippen LogP) is 4.89. The van der Waals surface area contributed by atoms with Gasteiger partial charge in [0.25, 0.3) is 5.91 Å². The van der Waals surface area contributed by atoms with Crippen LogP contribution in [0.25, 0.3) is 10.2 Å². The molecule has 7 heteroatoms. The van der Waals surface area contributed by atoms with Crippen LogP contribution in [0.4, 0.5) is 5.13 Å². The second-order valence-electron chi connectivity index (χ2n) is 6.64. The number of hydrogen-bond acceptors (Lipinski definition) is 5. The average Bonchev–Trinajstić information content (AvgIpc) is 3.13. The molecule has 5 nitrogen and oxygen atoms in total. The third kappa shape index (κ3) is 5.33. The highest BCUT2D eigenvalue weighted by Gasteiger charge is 2.22. The van der Waals surface area contributed by atoms with Crippen molar-refractivity contribution in [3.05, 3.63) is 59.2 Å². The molecule has 0 saturated carbocycles. The van der Waals surface area contributed by atoms with Gasteiger partial charge in [-0.2, -0.15) is 5.26 Å². The number of fused-ring (bicyclic) bond motifs is 1. The van der Waals surface area contributed by atoms with Gasteiger partial charge in [0.15, 0.2) is 5.13 Å². The predicted molar refractivity (Wildman–Crippen MR) is 122 cm³/mol. The number of nitriles is 1. The molecule has 29 heavy (non-hydrogen) atoms. The molecule has 0 aliphatic carbocycles. The molecule has 0 unspecified atom stereocenters. The lowest BCUT2D eigenvalue weighted by atomic mass is 10.1. The summed E-state index contributed by atoms with van der Waals surface area (Å²) in [5.41, 5.74) is 3.19. The van der Waals surface area contributed by atoms with E-state index in [1.54, 1.807) is 40.5 Å². The van der Waals surface area contributed by atoms with E-state index >= 15 is 0 Å². The second-order valence-corrected chi connectivity index (χ2v) is 7.65. The molecule has 3 rings (SSSR count). The molecule has 0 aliphatic rings. The number of rotatable bonds is 7. The first-order valence-electron chi connectivity index (χ1n) is 9.47. The van der Waals surface area contributed by atoms with Gasteiger partial charge in [-0.05, 0) is 62.0 Å². The zero-order chi connectivity index (χ0) is 20.1. The molecule has 0 radical (unpaired) electrons. The van der Waals surface area contributed by atoms with Crippen LogP contribution in [0.1, 0.15) is 35.3 Å². The summed E-state index contributed by atoms with van der Waals surface area (Å²) < 4.78 is 1.08. The van der Waals surface area contributed by atoms with Crippen molar-refractivity contribution in [2.24, 2.45) is 0 Å². The van der Waals surface area contributed by atoms with E-state index in [9.17, 15) is 4.79 Å². The summed E-state index contributed by atoms with van der Waals surface area (Å²) in [5.74, 6) is -0.0903. The number of carbonyl (C=O) groups is 1. The molecule has 0 saturated heterocycles. The van der Waals surface area contributed by atoms with Gasteiger partial charge < -0.3 is 4.90 Å². The van der Waals surface area contributed by atoms with E-state index < -0.39 is 0 Å². The van der Waals surface area contributed by atoms with Crippen LogP contribution in [0.2, 0.25) is 0 Å². The molecule has 0 spiro atoms. The van der Waals surface area contributed by atoms with Crippen molar-refractivity contribution >= 4 is 45.0 Å². The molecule has 2 aromatic carbocycles. The van der Waals surface area contributed by atoms with Crippen molar-refractivity contribution < 1.29 is 4.79 Å². The van der Waals surface area contributed by atoms with E-state index in [-0.39, 0.29) is 18.3 Å². The highest BCUT2D eigenvalue weighted by Crippen LogP contribution is 2.30. The lowest BCUT2D eigenvalue weighted by Crippen LogP contribution is -2.38. The number of nitrogens with zero attached hydrogens (tertiary/aromatic N) is 4. The van der Waals surface area contributed by atoms with Crippen molar-refractivity contribution in [2.45, 2.75) is 20.8 Å². The Morgan fingerprint density at radius 1 is 1.10 bits per heavy atom. The van der Waals surface area contributed by atoms with Crippen LogP contribution in [0.15, 0.2) is 42.5 Å².